The van der Waals surface area contributed by atoms with E-state index in [1.807, 2.05) is 6.21 Å². The van der Waals surface area contributed by atoms with Crippen molar-refractivity contribution in [1.82, 2.24) is 0 Å². The number of rotatable bonds is 1. The summed E-state index contributed by atoms with van der Waals surface area (Å²) in [6, 6.07) is 6.83. The molecule has 0 bridgehead atoms. The number of hydrogen-bond acceptors (Lipinski definition) is 2. The summed E-state index contributed by atoms with van der Waals surface area (Å²) in [5.41, 5.74) is 4.36. The highest BCUT2D eigenvalue weighted by molar-refractivity contribution is 5.65. The van der Waals surface area contributed by atoms with Gasteiger partial charge in [0.1, 0.15) is 0 Å². The van der Waals surface area contributed by atoms with Crippen molar-refractivity contribution in [1.29, 1.82) is 0 Å². The number of hydrazone groups is 1. The van der Waals surface area contributed by atoms with Gasteiger partial charge in [-0.3, -0.25) is 5.01 Å². The monoisotopic (exact) mass is 200 g/mol. The average molecular weight is 200 g/mol. The average Bonchev–Trinajstić information content (AvgIpc) is 2.82. The molecule has 3 rings (SSSR count). The second-order valence-electron chi connectivity index (χ2n) is 4.37. The minimum atomic E-state index is 1.04. The van der Waals surface area contributed by atoms with Crippen LogP contribution < -0.4 is 5.01 Å². The van der Waals surface area contributed by atoms with Crippen LogP contribution in [0.15, 0.2) is 23.3 Å². The van der Waals surface area contributed by atoms with E-state index < -0.39 is 0 Å². The molecule has 1 aromatic rings. The zero-order valence-electron chi connectivity index (χ0n) is 8.95. The first-order valence-corrected chi connectivity index (χ1v) is 5.85. The van der Waals surface area contributed by atoms with E-state index >= 15 is 0 Å². The number of anilines is 1. The van der Waals surface area contributed by atoms with E-state index in [0.717, 1.165) is 13.0 Å². The van der Waals surface area contributed by atoms with Crippen LogP contribution in [0.4, 0.5) is 5.69 Å². The second-order valence-corrected chi connectivity index (χ2v) is 4.37. The molecule has 0 aromatic heterocycles. The molecule has 0 fully saturated rings. The minimum Gasteiger partial charge on any atom is -0.265 e. The van der Waals surface area contributed by atoms with Crippen molar-refractivity contribution in [2.24, 2.45) is 5.10 Å². The smallest absolute Gasteiger partial charge is 0.0596 e. The molecule has 2 aliphatic rings. The summed E-state index contributed by atoms with van der Waals surface area (Å²) in [5, 5.41) is 6.47. The van der Waals surface area contributed by atoms with Gasteiger partial charge in [-0.2, -0.15) is 5.10 Å². The van der Waals surface area contributed by atoms with Gasteiger partial charge in [-0.05, 0) is 48.9 Å². The topological polar surface area (TPSA) is 15.6 Å². The van der Waals surface area contributed by atoms with E-state index in [1.54, 1.807) is 11.1 Å². The maximum absolute atomic E-state index is 4.36. The molecule has 2 nitrogen and oxygen atoms in total. The van der Waals surface area contributed by atoms with Crippen LogP contribution in [-0.4, -0.2) is 12.8 Å². The van der Waals surface area contributed by atoms with E-state index in [9.17, 15) is 0 Å². The molecule has 0 radical (unpaired) electrons. The molecule has 1 aliphatic heterocycles. The van der Waals surface area contributed by atoms with Crippen molar-refractivity contribution in [3.05, 3.63) is 29.3 Å². The molecule has 78 valence electrons. The summed E-state index contributed by atoms with van der Waals surface area (Å²) in [5.74, 6) is 0. The number of benzene rings is 1. The van der Waals surface area contributed by atoms with Crippen molar-refractivity contribution in [2.75, 3.05) is 11.6 Å². The molecule has 2 heteroatoms. The van der Waals surface area contributed by atoms with Crippen molar-refractivity contribution in [3.63, 3.8) is 0 Å². The van der Waals surface area contributed by atoms with Crippen molar-refractivity contribution >= 4 is 11.9 Å². The highest BCUT2D eigenvalue weighted by atomic mass is 15.5. The Morgan fingerprint density at radius 3 is 2.73 bits per heavy atom. The van der Waals surface area contributed by atoms with Crippen LogP contribution in [0.25, 0.3) is 0 Å². The predicted molar refractivity (Wildman–Crippen MR) is 63.5 cm³/mol. The Labute approximate surface area is 90.6 Å². The lowest BCUT2D eigenvalue weighted by atomic mass is 9.91. The Morgan fingerprint density at radius 2 is 1.93 bits per heavy atom. The Kier molecular flexibility index (Phi) is 2.20. The third kappa shape index (κ3) is 1.65. The van der Waals surface area contributed by atoms with Gasteiger partial charge in [0.15, 0.2) is 0 Å². The van der Waals surface area contributed by atoms with Gasteiger partial charge in [-0.1, -0.05) is 6.07 Å². The lowest BCUT2D eigenvalue weighted by Gasteiger charge is -2.20. The van der Waals surface area contributed by atoms with E-state index in [4.69, 9.17) is 0 Å². The molecule has 0 atom stereocenters. The molecule has 0 unspecified atom stereocenters. The molecule has 0 amide bonds. The zero-order chi connectivity index (χ0) is 10.1. The van der Waals surface area contributed by atoms with Crippen molar-refractivity contribution in [2.45, 2.75) is 32.1 Å². The van der Waals surface area contributed by atoms with E-state index in [0.29, 0.717) is 0 Å². The largest absolute Gasteiger partial charge is 0.265 e. The standard InChI is InChI=1S/C13H16N2/c1-2-5-12-10-13(7-6-11(12)4-1)15-9-3-8-14-15/h6-8,10H,1-5,9H2. The lowest BCUT2D eigenvalue weighted by Crippen LogP contribution is -2.13. The highest BCUT2D eigenvalue weighted by Gasteiger charge is 2.13. The van der Waals surface area contributed by atoms with Crippen LogP contribution in [0.5, 0.6) is 0 Å². The summed E-state index contributed by atoms with van der Waals surface area (Å²) in [6.45, 7) is 1.04. The molecular formula is C13H16N2. The molecule has 0 N–H and O–H groups in total. The van der Waals surface area contributed by atoms with Gasteiger partial charge >= 0.3 is 0 Å². The van der Waals surface area contributed by atoms with E-state index in [1.165, 1.54) is 31.4 Å². The SMILES string of the molecule is C1=NN(c2ccc3c(c2)CCCC3)CC1. The van der Waals surface area contributed by atoms with Crippen LogP contribution >= 0.6 is 0 Å². The van der Waals surface area contributed by atoms with Gasteiger partial charge in [-0.15, -0.1) is 0 Å². The molecule has 0 saturated heterocycles. The highest BCUT2D eigenvalue weighted by Crippen LogP contribution is 2.27. The van der Waals surface area contributed by atoms with Crippen molar-refractivity contribution < 1.29 is 0 Å². The first-order valence-electron chi connectivity index (χ1n) is 5.85. The summed E-state index contributed by atoms with van der Waals surface area (Å²) in [7, 11) is 0. The Hall–Kier alpha value is -1.31. The van der Waals surface area contributed by atoms with E-state index in [-0.39, 0.29) is 0 Å². The van der Waals surface area contributed by atoms with Crippen LogP contribution in [0, 0.1) is 0 Å². The minimum absolute atomic E-state index is 1.04. The molecule has 0 saturated carbocycles. The maximum Gasteiger partial charge on any atom is 0.0596 e. The van der Waals surface area contributed by atoms with Gasteiger partial charge in [-0.25, -0.2) is 0 Å². The second kappa shape index (κ2) is 3.69. The number of nitrogens with zero attached hydrogens (tertiary/aromatic N) is 2. The van der Waals surface area contributed by atoms with Crippen LogP contribution in [0.2, 0.25) is 0 Å². The van der Waals surface area contributed by atoms with Gasteiger partial charge in [0.2, 0.25) is 0 Å². The predicted octanol–water partition coefficient (Wildman–Crippen LogP) is 2.76. The Bertz CT molecular complexity index is 396. The fourth-order valence-corrected chi connectivity index (χ4v) is 2.47. The first kappa shape index (κ1) is 8.96. The van der Waals surface area contributed by atoms with Crippen molar-refractivity contribution in [3.8, 4) is 0 Å². The molecule has 0 spiro atoms. The van der Waals surface area contributed by atoms with Gasteiger partial charge in [0.05, 0.1) is 5.69 Å². The Morgan fingerprint density at radius 1 is 1.07 bits per heavy atom. The number of aryl methyl sites for hydroxylation is 2. The quantitative estimate of drug-likeness (QED) is 0.680. The number of fused-ring (bicyclic) bond motifs is 1. The summed E-state index contributed by atoms with van der Waals surface area (Å²) in [4.78, 5) is 0. The zero-order valence-corrected chi connectivity index (χ0v) is 8.95. The van der Waals surface area contributed by atoms with Crippen LogP contribution in [0.1, 0.15) is 30.4 Å². The van der Waals surface area contributed by atoms with Crippen LogP contribution in [-0.2, 0) is 12.8 Å². The molecule has 15 heavy (non-hydrogen) atoms. The first-order chi connectivity index (χ1) is 7.43. The normalized spacial score (nSPS) is 19.3. The van der Waals surface area contributed by atoms with E-state index in [2.05, 4.69) is 28.3 Å². The Balaban J connectivity index is 1.93. The van der Waals surface area contributed by atoms with Gasteiger partial charge in [0, 0.05) is 19.2 Å². The molecule has 1 aromatic carbocycles. The fourth-order valence-electron chi connectivity index (χ4n) is 2.47. The molecule has 1 aliphatic carbocycles. The van der Waals surface area contributed by atoms with Gasteiger partial charge < -0.3 is 0 Å². The third-order valence-electron chi connectivity index (χ3n) is 3.32. The summed E-state index contributed by atoms with van der Waals surface area (Å²) < 4.78 is 0. The van der Waals surface area contributed by atoms with Gasteiger partial charge in [0.25, 0.3) is 0 Å². The lowest BCUT2D eigenvalue weighted by molar-refractivity contribution is 0.685. The fraction of sp³-hybridized carbons (Fsp3) is 0.462. The third-order valence-corrected chi connectivity index (χ3v) is 3.32. The van der Waals surface area contributed by atoms with Crippen LogP contribution in [0.3, 0.4) is 0 Å². The molecular weight excluding hydrogens is 184 g/mol. The number of hydrogen-bond donors (Lipinski definition) is 0. The molecule has 1 heterocycles. The maximum atomic E-state index is 4.36. The summed E-state index contributed by atoms with van der Waals surface area (Å²) in [6.07, 6.45) is 8.30. The summed E-state index contributed by atoms with van der Waals surface area (Å²) >= 11 is 0.